The van der Waals surface area contributed by atoms with Gasteiger partial charge in [0.25, 0.3) is 0 Å². The van der Waals surface area contributed by atoms with Crippen LogP contribution in [0.2, 0.25) is 0 Å². The highest BCUT2D eigenvalue weighted by molar-refractivity contribution is 5.82. The van der Waals surface area contributed by atoms with Crippen molar-refractivity contribution in [2.45, 2.75) is 32.7 Å². The van der Waals surface area contributed by atoms with E-state index in [1.807, 2.05) is 0 Å². The standard InChI is InChI=1S/C18H25N3/c1-14-12-16(17-4-2-3-5-18(17)20-14)13-21-10-7-15(6-9-19)8-11-21/h2-5,12,15H,6-11,13,19H2,1H3. The van der Waals surface area contributed by atoms with E-state index in [2.05, 4.69) is 47.1 Å². The summed E-state index contributed by atoms with van der Waals surface area (Å²) in [7, 11) is 0. The molecule has 112 valence electrons. The zero-order valence-electron chi connectivity index (χ0n) is 12.9. The lowest BCUT2D eigenvalue weighted by Gasteiger charge is -2.32. The molecule has 0 radical (unpaired) electrons. The van der Waals surface area contributed by atoms with Crippen molar-refractivity contribution in [3.63, 3.8) is 0 Å². The quantitative estimate of drug-likeness (QED) is 0.937. The van der Waals surface area contributed by atoms with Crippen molar-refractivity contribution in [1.29, 1.82) is 0 Å². The van der Waals surface area contributed by atoms with Crippen LogP contribution in [0.3, 0.4) is 0 Å². The maximum atomic E-state index is 5.68. The SMILES string of the molecule is Cc1cc(CN2CCC(CCN)CC2)c2ccccc2n1. The molecule has 0 amide bonds. The van der Waals surface area contributed by atoms with Gasteiger partial charge in [-0.05, 0) is 69.4 Å². The first kappa shape index (κ1) is 14.5. The minimum Gasteiger partial charge on any atom is -0.330 e. The van der Waals surface area contributed by atoms with E-state index in [-0.39, 0.29) is 0 Å². The molecule has 3 rings (SSSR count). The fraction of sp³-hybridized carbons (Fsp3) is 0.500. The summed E-state index contributed by atoms with van der Waals surface area (Å²) in [4.78, 5) is 7.21. The molecule has 1 aromatic carbocycles. The first-order chi connectivity index (χ1) is 10.3. The highest BCUT2D eigenvalue weighted by Crippen LogP contribution is 2.24. The third kappa shape index (κ3) is 3.42. The Morgan fingerprint density at radius 1 is 1.24 bits per heavy atom. The summed E-state index contributed by atoms with van der Waals surface area (Å²) in [6.45, 7) is 6.35. The monoisotopic (exact) mass is 283 g/mol. The lowest BCUT2D eigenvalue weighted by molar-refractivity contribution is 0.174. The Morgan fingerprint density at radius 3 is 2.76 bits per heavy atom. The molecule has 2 N–H and O–H groups in total. The van der Waals surface area contributed by atoms with Gasteiger partial charge in [0.05, 0.1) is 5.52 Å². The van der Waals surface area contributed by atoms with Crippen LogP contribution >= 0.6 is 0 Å². The summed E-state index contributed by atoms with van der Waals surface area (Å²) in [6, 6.07) is 10.7. The Morgan fingerprint density at radius 2 is 2.00 bits per heavy atom. The fourth-order valence-corrected chi connectivity index (χ4v) is 3.44. The molecule has 1 aromatic heterocycles. The van der Waals surface area contributed by atoms with Gasteiger partial charge in [0.2, 0.25) is 0 Å². The highest BCUT2D eigenvalue weighted by Gasteiger charge is 2.19. The molecule has 0 spiro atoms. The molecule has 3 heteroatoms. The zero-order chi connectivity index (χ0) is 14.7. The molecule has 1 aliphatic rings. The van der Waals surface area contributed by atoms with Crippen molar-refractivity contribution in [2.24, 2.45) is 11.7 Å². The van der Waals surface area contributed by atoms with Gasteiger partial charge in [-0.2, -0.15) is 0 Å². The average Bonchev–Trinajstić information content (AvgIpc) is 2.49. The summed E-state index contributed by atoms with van der Waals surface area (Å²) in [6.07, 6.45) is 3.77. The fourth-order valence-electron chi connectivity index (χ4n) is 3.44. The van der Waals surface area contributed by atoms with E-state index in [9.17, 15) is 0 Å². The van der Waals surface area contributed by atoms with Gasteiger partial charge in [0.1, 0.15) is 0 Å². The second-order valence-electron chi connectivity index (χ2n) is 6.24. The average molecular weight is 283 g/mol. The van der Waals surface area contributed by atoms with E-state index >= 15 is 0 Å². The second kappa shape index (κ2) is 6.54. The largest absolute Gasteiger partial charge is 0.330 e. The van der Waals surface area contributed by atoms with Crippen molar-refractivity contribution >= 4 is 10.9 Å². The molecule has 0 unspecified atom stereocenters. The molecular weight excluding hydrogens is 258 g/mol. The van der Waals surface area contributed by atoms with Gasteiger partial charge >= 0.3 is 0 Å². The summed E-state index contributed by atoms with van der Waals surface area (Å²) < 4.78 is 0. The molecule has 0 atom stereocenters. The van der Waals surface area contributed by atoms with Crippen molar-refractivity contribution in [2.75, 3.05) is 19.6 Å². The van der Waals surface area contributed by atoms with Gasteiger partial charge in [-0.3, -0.25) is 9.88 Å². The van der Waals surface area contributed by atoms with E-state index in [4.69, 9.17) is 5.73 Å². The number of hydrogen-bond acceptors (Lipinski definition) is 3. The normalized spacial score (nSPS) is 17.4. The van der Waals surface area contributed by atoms with Gasteiger partial charge in [-0.25, -0.2) is 0 Å². The number of aromatic nitrogens is 1. The van der Waals surface area contributed by atoms with Crippen LogP contribution in [0.1, 0.15) is 30.5 Å². The van der Waals surface area contributed by atoms with Crippen molar-refractivity contribution in [1.82, 2.24) is 9.88 Å². The minimum atomic E-state index is 0.832. The predicted molar refractivity (Wildman–Crippen MR) is 88.2 cm³/mol. The van der Waals surface area contributed by atoms with E-state index in [1.54, 1.807) is 0 Å². The number of likely N-dealkylation sites (tertiary alicyclic amines) is 1. The number of aryl methyl sites for hydroxylation is 1. The molecule has 2 aromatic rings. The number of rotatable bonds is 4. The molecule has 1 aliphatic heterocycles. The van der Waals surface area contributed by atoms with Crippen LogP contribution in [0.25, 0.3) is 10.9 Å². The number of para-hydroxylation sites is 1. The van der Waals surface area contributed by atoms with Crippen LogP contribution in [0.5, 0.6) is 0 Å². The van der Waals surface area contributed by atoms with Gasteiger partial charge < -0.3 is 5.73 Å². The predicted octanol–water partition coefficient (Wildman–Crippen LogP) is 3.10. The number of piperidine rings is 1. The number of hydrogen-bond donors (Lipinski definition) is 1. The Labute approximate surface area is 127 Å². The molecule has 0 saturated carbocycles. The van der Waals surface area contributed by atoms with E-state index < -0.39 is 0 Å². The zero-order valence-corrected chi connectivity index (χ0v) is 12.9. The molecule has 21 heavy (non-hydrogen) atoms. The van der Waals surface area contributed by atoms with Gasteiger partial charge in [0, 0.05) is 17.6 Å². The molecule has 1 fully saturated rings. The Kier molecular flexibility index (Phi) is 4.51. The van der Waals surface area contributed by atoms with Gasteiger partial charge in [0.15, 0.2) is 0 Å². The maximum absolute atomic E-state index is 5.68. The smallest absolute Gasteiger partial charge is 0.0708 e. The Hall–Kier alpha value is -1.45. The topological polar surface area (TPSA) is 42.1 Å². The number of fused-ring (bicyclic) bond motifs is 1. The third-order valence-electron chi connectivity index (χ3n) is 4.61. The molecular formula is C18H25N3. The highest BCUT2D eigenvalue weighted by atomic mass is 15.1. The maximum Gasteiger partial charge on any atom is 0.0708 e. The van der Waals surface area contributed by atoms with Crippen LogP contribution in [0, 0.1) is 12.8 Å². The first-order valence-electron chi connectivity index (χ1n) is 8.04. The minimum absolute atomic E-state index is 0.832. The number of nitrogens with two attached hydrogens (primary N) is 1. The van der Waals surface area contributed by atoms with Crippen molar-refractivity contribution in [3.05, 3.63) is 41.6 Å². The van der Waals surface area contributed by atoms with Crippen LogP contribution < -0.4 is 5.73 Å². The van der Waals surface area contributed by atoms with E-state index in [0.717, 1.165) is 30.2 Å². The van der Waals surface area contributed by atoms with Gasteiger partial charge in [-0.15, -0.1) is 0 Å². The Bertz CT molecular complexity index is 600. The molecule has 0 aliphatic carbocycles. The van der Waals surface area contributed by atoms with Crippen LogP contribution in [0.15, 0.2) is 30.3 Å². The molecule has 1 saturated heterocycles. The summed E-state index contributed by atoms with van der Waals surface area (Å²) in [5.74, 6) is 0.835. The van der Waals surface area contributed by atoms with Crippen LogP contribution in [-0.4, -0.2) is 29.5 Å². The van der Waals surface area contributed by atoms with E-state index in [1.165, 1.54) is 43.3 Å². The van der Waals surface area contributed by atoms with Crippen LogP contribution in [0.4, 0.5) is 0 Å². The second-order valence-corrected chi connectivity index (χ2v) is 6.24. The van der Waals surface area contributed by atoms with Crippen molar-refractivity contribution < 1.29 is 0 Å². The van der Waals surface area contributed by atoms with Crippen LogP contribution in [-0.2, 0) is 6.54 Å². The lowest BCUT2D eigenvalue weighted by Crippen LogP contribution is -2.33. The summed E-state index contributed by atoms with van der Waals surface area (Å²) >= 11 is 0. The Balaban J connectivity index is 1.74. The number of pyridine rings is 1. The molecule has 0 bridgehead atoms. The molecule has 3 nitrogen and oxygen atoms in total. The van der Waals surface area contributed by atoms with Crippen molar-refractivity contribution in [3.8, 4) is 0 Å². The van der Waals surface area contributed by atoms with E-state index in [0.29, 0.717) is 0 Å². The lowest BCUT2D eigenvalue weighted by atomic mass is 9.93. The number of benzene rings is 1. The first-order valence-corrected chi connectivity index (χ1v) is 8.04. The van der Waals surface area contributed by atoms with Gasteiger partial charge in [-0.1, -0.05) is 18.2 Å². The number of nitrogens with zero attached hydrogens (tertiary/aromatic N) is 2. The third-order valence-corrected chi connectivity index (χ3v) is 4.61. The molecule has 2 heterocycles. The summed E-state index contributed by atoms with van der Waals surface area (Å²) in [5, 5.41) is 1.30. The summed E-state index contributed by atoms with van der Waals surface area (Å²) in [5.41, 5.74) is 9.32.